The van der Waals surface area contributed by atoms with Crippen LogP contribution in [0.5, 0.6) is 0 Å². The van der Waals surface area contributed by atoms with Gasteiger partial charge in [0.25, 0.3) is 0 Å². The number of hydrogen-bond acceptors (Lipinski definition) is 4. The predicted octanol–water partition coefficient (Wildman–Crippen LogP) is 2.46. The zero-order valence-corrected chi connectivity index (χ0v) is 12.3. The highest BCUT2D eigenvalue weighted by molar-refractivity contribution is 5.95. The van der Waals surface area contributed by atoms with Gasteiger partial charge in [0.2, 0.25) is 0 Å². The van der Waals surface area contributed by atoms with Crippen molar-refractivity contribution >= 4 is 11.8 Å². The number of rotatable bonds is 4. The van der Waals surface area contributed by atoms with Gasteiger partial charge in [-0.05, 0) is 31.7 Å². The number of anilines is 1. The quantitative estimate of drug-likeness (QED) is 0.855. The van der Waals surface area contributed by atoms with Gasteiger partial charge in [-0.1, -0.05) is 25.5 Å². The molecule has 0 aromatic carbocycles. The van der Waals surface area contributed by atoms with Crippen molar-refractivity contribution in [3.63, 3.8) is 0 Å². The van der Waals surface area contributed by atoms with Gasteiger partial charge in [0.15, 0.2) is 5.82 Å². The van der Waals surface area contributed by atoms with Gasteiger partial charge in [0.1, 0.15) is 5.56 Å². The Morgan fingerprint density at radius 2 is 2.10 bits per heavy atom. The number of aromatic nitrogens is 2. The van der Waals surface area contributed by atoms with Crippen LogP contribution in [0.3, 0.4) is 0 Å². The SMILES string of the molecule is CCc1nnc(N2CC=C(C)CC2)c(C(=O)O)c1CC. The molecule has 0 saturated carbocycles. The molecule has 0 aliphatic carbocycles. The largest absolute Gasteiger partial charge is 0.478 e. The molecule has 0 amide bonds. The number of carboxylic acids is 1. The summed E-state index contributed by atoms with van der Waals surface area (Å²) in [6.07, 6.45) is 4.43. The molecule has 1 aliphatic heterocycles. The summed E-state index contributed by atoms with van der Waals surface area (Å²) in [5.74, 6) is -0.400. The van der Waals surface area contributed by atoms with E-state index in [0.717, 1.165) is 24.2 Å². The van der Waals surface area contributed by atoms with Crippen LogP contribution in [0.4, 0.5) is 5.82 Å². The third kappa shape index (κ3) is 2.66. The van der Waals surface area contributed by atoms with Crippen LogP contribution in [0.1, 0.15) is 48.8 Å². The van der Waals surface area contributed by atoms with Crippen molar-refractivity contribution in [3.05, 3.63) is 28.5 Å². The number of carboxylic acid groups (broad SMARTS) is 1. The van der Waals surface area contributed by atoms with Crippen molar-refractivity contribution in [2.45, 2.75) is 40.0 Å². The molecule has 0 spiro atoms. The lowest BCUT2D eigenvalue weighted by molar-refractivity contribution is 0.0695. The fourth-order valence-electron chi connectivity index (χ4n) is 2.57. The molecule has 1 aliphatic rings. The van der Waals surface area contributed by atoms with Crippen molar-refractivity contribution in [1.29, 1.82) is 0 Å². The van der Waals surface area contributed by atoms with Crippen LogP contribution >= 0.6 is 0 Å². The molecular formula is C15H21N3O2. The molecular weight excluding hydrogens is 254 g/mol. The first-order chi connectivity index (χ1) is 9.58. The van der Waals surface area contributed by atoms with E-state index < -0.39 is 5.97 Å². The summed E-state index contributed by atoms with van der Waals surface area (Å²) in [5, 5.41) is 18.0. The van der Waals surface area contributed by atoms with Crippen LogP contribution < -0.4 is 4.90 Å². The molecule has 5 heteroatoms. The molecule has 0 atom stereocenters. The minimum Gasteiger partial charge on any atom is -0.478 e. The average Bonchev–Trinajstić information content (AvgIpc) is 2.46. The van der Waals surface area contributed by atoms with Crippen LogP contribution in [0, 0.1) is 0 Å². The fourth-order valence-corrected chi connectivity index (χ4v) is 2.57. The lowest BCUT2D eigenvalue weighted by atomic mass is 10.0. The molecule has 0 unspecified atom stereocenters. The molecule has 5 nitrogen and oxygen atoms in total. The molecule has 2 heterocycles. The topological polar surface area (TPSA) is 66.3 Å². The first kappa shape index (κ1) is 14.5. The van der Waals surface area contributed by atoms with Gasteiger partial charge in [-0.3, -0.25) is 0 Å². The van der Waals surface area contributed by atoms with E-state index in [-0.39, 0.29) is 0 Å². The Bertz CT molecular complexity index is 552. The number of hydrogen-bond donors (Lipinski definition) is 1. The Balaban J connectivity index is 2.50. The predicted molar refractivity (Wildman–Crippen MR) is 78.3 cm³/mol. The second-order valence-corrected chi connectivity index (χ2v) is 5.08. The smallest absolute Gasteiger partial charge is 0.339 e. The van der Waals surface area contributed by atoms with Crippen molar-refractivity contribution in [2.24, 2.45) is 0 Å². The molecule has 1 aromatic rings. The van der Waals surface area contributed by atoms with Crippen LogP contribution in [0.2, 0.25) is 0 Å². The molecule has 1 aromatic heterocycles. The van der Waals surface area contributed by atoms with E-state index >= 15 is 0 Å². The maximum absolute atomic E-state index is 11.7. The highest BCUT2D eigenvalue weighted by Gasteiger charge is 2.24. The van der Waals surface area contributed by atoms with E-state index in [0.29, 0.717) is 30.8 Å². The molecule has 0 saturated heterocycles. The van der Waals surface area contributed by atoms with Crippen LogP contribution in [-0.2, 0) is 12.8 Å². The second-order valence-electron chi connectivity index (χ2n) is 5.08. The number of aryl methyl sites for hydroxylation is 1. The summed E-state index contributed by atoms with van der Waals surface area (Å²) < 4.78 is 0. The first-order valence-electron chi connectivity index (χ1n) is 7.10. The van der Waals surface area contributed by atoms with Gasteiger partial charge in [0.05, 0.1) is 5.69 Å². The first-order valence-corrected chi connectivity index (χ1v) is 7.10. The molecule has 108 valence electrons. The minimum absolute atomic E-state index is 0.326. The zero-order valence-electron chi connectivity index (χ0n) is 12.3. The monoisotopic (exact) mass is 275 g/mol. The van der Waals surface area contributed by atoms with E-state index in [9.17, 15) is 9.90 Å². The Labute approximate surface area is 119 Å². The lowest BCUT2D eigenvalue weighted by Crippen LogP contribution is -2.31. The van der Waals surface area contributed by atoms with Crippen LogP contribution in [0.25, 0.3) is 0 Å². The van der Waals surface area contributed by atoms with E-state index in [1.54, 1.807) is 0 Å². The van der Waals surface area contributed by atoms with E-state index in [2.05, 4.69) is 23.2 Å². The van der Waals surface area contributed by atoms with Crippen molar-refractivity contribution in [1.82, 2.24) is 10.2 Å². The van der Waals surface area contributed by atoms with Crippen LogP contribution in [-0.4, -0.2) is 34.4 Å². The molecule has 2 rings (SSSR count). The standard InChI is InChI=1S/C15H21N3O2/c1-4-11-12(5-2)16-17-14(13(11)15(19)20)18-8-6-10(3)7-9-18/h6H,4-5,7-9H2,1-3H3,(H,19,20). The van der Waals surface area contributed by atoms with Gasteiger partial charge < -0.3 is 10.0 Å². The number of carbonyl (C=O) groups is 1. The minimum atomic E-state index is -0.910. The summed E-state index contributed by atoms with van der Waals surface area (Å²) in [4.78, 5) is 13.7. The summed E-state index contributed by atoms with van der Waals surface area (Å²) in [6, 6.07) is 0. The fraction of sp³-hybridized carbons (Fsp3) is 0.533. The molecule has 0 fully saturated rings. The van der Waals surface area contributed by atoms with Gasteiger partial charge in [-0.15, -0.1) is 5.10 Å². The van der Waals surface area contributed by atoms with Crippen molar-refractivity contribution in [3.8, 4) is 0 Å². The van der Waals surface area contributed by atoms with Crippen LogP contribution in [0.15, 0.2) is 11.6 Å². The highest BCUT2D eigenvalue weighted by atomic mass is 16.4. The zero-order chi connectivity index (χ0) is 14.7. The van der Waals surface area contributed by atoms with E-state index in [4.69, 9.17) is 0 Å². The third-order valence-electron chi connectivity index (χ3n) is 3.78. The lowest BCUT2D eigenvalue weighted by Gasteiger charge is -2.28. The highest BCUT2D eigenvalue weighted by Crippen LogP contribution is 2.26. The average molecular weight is 275 g/mol. The van der Waals surface area contributed by atoms with Gasteiger partial charge in [0, 0.05) is 13.1 Å². The maximum Gasteiger partial charge on any atom is 0.339 e. The summed E-state index contributed by atoms with van der Waals surface area (Å²) in [6.45, 7) is 7.54. The van der Waals surface area contributed by atoms with E-state index in [1.807, 2.05) is 18.7 Å². The Morgan fingerprint density at radius 3 is 2.60 bits per heavy atom. The molecule has 0 bridgehead atoms. The Morgan fingerprint density at radius 1 is 1.35 bits per heavy atom. The van der Waals surface area contributed by atoms with Crippen molar-refractivity contribution in [2.75, 3.05) is 18.0 Å². The molecule has 0 radical (unpaired) electrons. The Kier molecular flexibility index (Phi) is 4.37. The summed E-state index contributed by atoms with van der Waals surface area (Å²) in [7, 11) is 0. The number of nitrogens with zero attached hydrogens (tertiary/aromatic N) is 3. The summed E-state index contributed by atoms with van der Waals surface area (Å²) in [5.41, 5.74) is 3.27. The van der Waals surface area contributed by atoms with Gasteiger partial charge in [-0.2, -0.15) is 5.10 Å². The third-order valence-corrected chi connectivity index (χ3v) is 3.78. The summed E-state index contributed by atoms with van der Waals surface area (Å²) >= 11 is 0. The van der Waals surface area contributed by atoms with E-state index in [1.165, 1.54) is 5.57 Å². The molecule has 1 N–H and O–H groups in total. The second kappa shape index (κ2) is 6.03. The number of aromatic carboxylic acids is 1. The Hall–Kier alpha value is -1.91. The van der Waals surface area contributed by atoms with Crippen molar-refractivity contribution < 1.29 is 9.90 Å². The normalized spacial score (nSPS) is 15.2. The maximum atomic E-state index is 11.7. The molecule has 20 heavy (non-hydrogen) atoms. The van der Waals surface area contributed by atoms with Gasteiger partial charge in [-0.25, -0.2) is 4.79 Å². The van der Waals surface area contributed by atoms with Gasteiger partial charge >= 0.3 is 5.97 Å².